The first-order valence-electron chi connectivity index (χ1n) is 11.7. The van der Waals surface area contributed by atoms with Crippen LogP contribution in [-0.4, -0.2) is 42.4 Å². The molecule has 0 bridgehead atoms. The minimum atomic E-state index is -0.0997. The second kappa shape index (κ2) is 8.58. The molecule has 6 heteroatoms. The highest BCUT2D eigenvalue weighted by atomic mass is 15.3. The zero-order valence-electron chi connectivity index (χ0n) is 20.5. The molecule has 1 saturated carbocycles. The van der Waals surface area contributed by atoms with Gasteiger partial charge in [0.15, 0.2) is 5.84 Å². The summed E-state index contributed by atoms with van der Waals surface area (Å²) >= 11 is 0. The van der Waals surface area contributed by atoms with Crippen LogP contribution in [0.25, 0.3) is 5.70 Å². The lowest BCUT2D eigenvalue weighted by Gasteiger charge is -2.25. The molecule has 2 aromatic rings. The molecular weight excluding hydrogens is 408 g/mol. The van der Waals surface area contributed by atoms with E-state index in [1.54, 1.807) is 0 Å². The molecule has 2 fully saturated rings. The van der Waals surface area contributed by atoms with Crippen LogP contribution in [0, 0.1) is 5.41 Å². The van der Waals surface area contributed by atoms with Gasteiger partial charge in [0.25, 0.3) is 0 Å². The van der Waals surface area contributed by atoms with E-state index in [2.05, 4.69) is 91.6 Å². The van der Waals surface area contributed by atoms with Gasteiger partial charge in [0, 0.05) is 48.3 Å². The molecule has 4 N–H and O–H groups in total. The molecule has 0 amide bonds. The molecule has 6 nitrogen and oxygen atoms in total. The Kier molecular flexibility index (Phi) is 5.95. The molecular formula is C27H36N6. The molecule has 33 heavy (non-hydrogen) atoms. The molecule has 2 aliphatic rings. The van der Waals surface area contributed by atoms with Gasteiger partial charge in [-0.25, -0.2) is 0 Å². The number of guanidine groups is 1. The van der Waals surface area contributed by atoms with Gasteiger partial charge in [-0.1, -0.05) is 39.5 Å². The van der Waals surface area contributed by atoms with Gasteiger partial charge in [0.05, 0.1) is 0 Å². The van der Waals surface area contributed by atoms with Crippen LogP contribution in [-0.2, 0) is 5.41 Å². The van der Waals surface area contributed by atoms with Crippen molar-refractivity contribution in [3.63, 3.8) is 0 Å². The molecule has 2 aromatic carbocycles. The first-order valence-corrected chi connectivity index (χ1v) is 11.7. The van der Waals surface area contributed by atoms with Gasteiger partial charge >= 0.3 is 0 Å². The normalized spacial score (nSPS) is 18.1. The predicted molar refractivity (Wildman–Crippen MR) is 140 cm³/mol. The van der Waals surface area contributed by atoms with Crippen LogP contribution in [0.4, 0.5) is 11.4 Å². The zero-order chi connectivity index (χ0) is 23.8. The summed E-state index contributed by atoms with van der Waals surface area (Å²) in [7, 11) is 1.99. The minimum Gasteiger partial charge on any atom is -0.380 e. The van der Waals surface area contributed by atoms with Crippen molar-refractivity contribution < 1.29 is 0 Å². The third kappa shape index (κ3) is 5.38. The van der Waals surface area contributed by atoms with Gasteiger partial charge in [-0.05, 0) is 66.6 Å². The molecule has 0 radical (unpaired) electrons. The van der Waals surface area contributed by atoms with Crippen LogP contribution >= 0.6 is 0 Å². The highest BCUT2D eigenvalue weighted by molar-refractivity contribution is 6.05. The monoisotopic (exact) mass is 444 g/mol. The number of likely N-dealkylation sites (N-methyl/N-ethyl adjacent to an activating group) is 1. The van der Waals surface area contributed by atoms with Crippen LogP contribution in [0.1, 0.15) is 57.2 Å². The summed E-state index contributed by atoms with van der Waals surface area (Å²) in [6.07, 6.45) is 2.39. The first kappa shape index (κ1) is 22.9. The fourth-order valence-electron chi connectivity index (χ4n) is 3.98. The number of benzene rings is 2. The van der Waals surface area contributed by atoms with Gasteiger partial charge in [-0.3, -0.25) is 5.41 Å². The summed E-state index contributed by atoms with van der Waals surface area (Å²) in [6, 6.07) is 14.5. The third-order valence-corrected chi connectivity index (χ3v) is 6.35. The second-order valence-corrected chi connectivity index (χ2v) is 10.5. The molecule has 1 heterocycles. The van der Waals surface area contributed by atoms with Gasteiger partial charge in [-0.15, -0.1) is 0 Å². The maximum Gasteiger partial charge on any atom is 0.200 e. The molecule has 1 aliphatic heterocycles. The lowest BCUT2D eigenvalue weighted by Crippen LogP contribution is -2.27. The Morgan fingerprint density at radius 3 is 2.55 bits per heavy atom. The Bertz CT molecular complexity index is 1100. The molecule has 174 valence electrons. The summed E-state index contributed by atoms with van der Waals surface area (Å²) in [6.45, 7) is 14.8. The van der Waals surface area contributed by atoms with Gasteiger partial charge in [0.1, 0.15) is 0 Å². The summed E-state index contributed by atoms with van der Waals surface area (Å²) in [5, 5.41) is 18.9. The zero-order valence-corrected chi connectivity index (χ0v) is 20.5. The summed E-state index contributed by atoms with van der Waals surface area (Å²) in [5.74, 6) is 1.02. The van der Waals surface area contributed by atoms with Crippen LogP contribution in [0.5, 0.6) is 0 Å². The minimum absolute atomic E-state index is 0.0997. The number of amidine groups is 1. The predicted octanol–water partition coefficient (Wildman–Crippen LogP) is 5.06. The Morgan fingerprint density at radius 2 is 1.91 bits per heavy atom. The molecule has 1 aliphatic carbocycles. The van der Waals surface area contributed by atoms with Crippen LogP contribution in [0.15, 0.2) is 54.0 Å². The van der Waals surface area contributed by atoms with E-state index in [0.717, 1.165) is 52.8 Å². The van der Waals surface area contributed by atoms with Crippen LogP contribution in [0.3, 0.4) is 0 Å². The molecule has 0 aromatic heterocycles. The maximum atomic E-state index is 8.54. The average molecular weight is 445 g/mol. The second-order valence-electron chi connectivity index (χ2n) is 10.5. The summed E-state index contributed by atoms with van der Waals surface area (Å²) in [5.41, 5.74) is 6.16. The number of nitrogens with zero attached hydrogens (tertiary/aromatic N) is 2. The summed E-state index contributed by atoms with van der Waals surface area (Å²) < 4.78 is 0. The molecule has 1 saturated heterocycles. The lowest BCUT2D eigenvalue weighted by molar-refractivity contribution is 0.564. The SMILES string of the molecule is C=C(NC1(C)CC1)c1cccc(Nc2ccc(C(=N)/N=C3\NCCN3C)cc2C(C)(C)C)c1. The quantitative estimate of drug-likeness (QED) is 0.371. The summed E-state index contributed by atoms with van der Waals surface area (Å²) in [4.78, 5) is 6.54. The van der Waals surface area contributed by atoms with Gasteiger partial charge in [0.2, 0.25) is 5.96 Å². The van der Waals surface area contributed by atoms with E-state index in [9.17, 15) is 0 Å². The molecule has 0 atom stereocenters. The van der Waals surface area contributed by atoms with Gasteiger partial charge in [-0.2, -0.15) is 4.99 Å². The molecule has 0 unspecified atom stereocenters. The number of hydrogen-bond donors (Lipinski definition) is 4. The van der Waals surface area contributed by atoms with Crippen LogP contribution < -0.4 is 16.0 Å². The van der Waals surface area contributed by atoms with E-state index in [4.69, 9.17) is 5.41 Å². The lowest BCUT2D eigenvalue weighted by atomic mass is 9.84. The fraction of sp³-hybridized carbons (Fsp3) is 0.407. The Morgan fingerprint density at radius 1 is 1.15 bits per heavy atom. The number of nitrogens with one attached hydrogen (secondary N) is 4. The van der Waals surface area contributed by atoms with Crippen molar-refractivity contribution in [2.45, 2.75) is 51.5 Å². The highest BCUT2D eigenvalue weighted by Crippen LogP contribution is 2.37. The van der Waals surface area contributed by atoms with E-state index in [1.165, 1.54) is 12.8 Å². The third-order valence-electron chi connectivity index (χ3n) is 6.35. The Balaban J connectivity index is 1.58. The standard InChI is InChI=1S/C27H36N6/c1-18(32-27(5)12-13-27)19-8-7-9-21(16-19)30-23-11-10-20(17-22(23)26(2,3)4)24(28)31-25-29-14-15-33(25)6/h7-11,16-17,30,32H,1,12-15H2,2-6H3,(H2,28,29,31). The fourth-order valence-corrected chi connectivity index (χ4v) is 3.98. The smallest absolute Gasteiger partial charge is 0.200 e. The first-order chi connectivity index (χ1) is 15.5. The van der Waals surface area contributed by atoms with Crippen LogP contribution in [0.2, 0.25) is 0 Å². The van der Waals surface area contributed by atoms with E-state index in [0.29, 0.717) is 0 Å². The maximum absolute atomic E-state index is 8.54. The van der Waals surface area contributed by atoms with Gasteiger partial charge < -0.3 is 20.9 Å². The van der Waals surface area contributed by atoms with Crippen molar-refractivity contribution in [1.82, 2.24) is 15.5 Å². The van der Waals surface area contributed by atoms with Crippen molar-refractivity contribution in [2.75, 3.05) is 25.5 Å². The molecule has 0 spiro atoms. The Labute approximate surface area is 197 Å². The number of anilines is 2. The van der Waals surface area contributed by atoms with Crippen molar-refractivity contribution in [3.05, 3.63) is 65.7 Å². The number of rotatable bonds is 6. The number of aliphatic imine (C=N–C) groups is 1. The van der Waals surface area contributed by atoms with E-state index < -0.39 is 0 Å². The van der Waals surface area contributed by atoms with E-state index in [1.807, 2.05) is 18.0 Å². The largest absolute Gasteiger partial charge is 0.380 e. The topological polar surface area (TPSA) is 75.5 Å². The van der Waals surface area contributed by atoms with E-state index >= 15 is 0 Å². The van der Waals surface area contributed by atoms with Crippen molar-refractivity contribution in [1.29, 1.82) is 5.41 Å². The number of hydrogen-bond acceptors (Lipinski definition) is 3. The van der Waals surface area contributed by atoms with Crippen molar-refractivity contribution >= 4 is 28.9 Å². The van der Waals surface area contributed by atoms with Crippen molar-refractivity contribution in [2.24, 2.45) is 4.99 Å². The van der Waals surface area contributed by atoms with E-state index in [-0.39, 0.29) is 16.8 Å². The average Bonchev–Trinajstić information content (AvgIpc) is 3.35. The highest BCUT2D eigenvalue weighted by Gasteiger charge is 2.37. The Hall–Kier alpha value is -3.28. The molecule has 4 rings (SSSR count). The van der Waals surface area contributed by atoms with Crippen molar-refractivity contribution in [3.8, 4) is 0 Å².